The Kier molecular flexibility index (Phi) is 5.46. The first-order valence-corrected chi connectivity index (χ1v) is 11.5. The summed E-state index contributed by atoms with van der Waals surface area (Å²) in [5.74, 6) is -1.78. The molecule has 3 heterocycles. The standard InChI is InChI=1S/C18H13Br2F2N3S2/c1-2-3-8-25-23-17-13(9-4-6-11(19)26-9)15(21)16(22)14(18(17)24-25)10-5-7-12(20)27-10/h4-7H,2-3,8H2,1H3. The number of unbranched alkanes of at least 4 members (excludes halogenated alkanes) is 1. The molecule has 0 saturated heterocycles. The first-order chi connectivity index (χ1) is 13.0. The van der Waals surface area contributed by atoms with Crippen LogP contribution in [0, 0.1) is 11.6 Å². The highest BCUT2D eigenvalue weighted by atomic mass is 79.9. The Morgan fingerprint density at radius 1 is 0.889 bits per heavy atom. The fourth-order valence-corrected chi connectivity index (χ4v) is 5.71. The predicted molar refractivity (Wildman–Crippen MR) is 114 cm³/mol. The number of aromatic nitrogens is 3. The molecule has 0 amide bonds. The number of rotatable bonds is 5. The zero-order valence-electron chi connectivity index (χ0n) is 14.1. The van der Waals surface area contributed by atoms with Crippen LogP contribution in [0.3, 0.4) is 0 Å². The maximum atomic E-state index is 15.2. The van der Waals surface area contributed by atoms with Crippen LogP contribution in [0.25, 0.3) is 31.9 Å². The number of fused-ring (bicyclic) bond motifs is 1. The molecule has 0 saturated carbocycles. The Bertz CT molecular complexity index is 1050. The van der Waals surface area contributed by atoms with Crippen LogP contribution < -0.4 is 0 Å². The van der Waals surface area contributed by atoms with Crippen LogP contribution in [0.4, 0.5) is 8.78 Å². The number of aryl methyl sites for hydroxylation is 1. The third-order valence-corrected chi connectivity index (χ3v) is 7.39. The number of thiophene rings is 2. The topological polar surface area (TPSA) is 30.7 Å². The predicted octanol–water partition coefficient (Wildman–Crippen LogP) is 7.49. The minimum absolute atomic E-state index is 0.167. The lowest BCUT2D eigenvalue weighted by Crippen LogP contribution is -2.01. The van der Waals surface area contributed by atoms with Crippen molar-refractivity contribution < 1.29 is 8.78 Å². The number of halogens is 4. The molecule has 1 aromatic carbocycles. The lowest BCUT2D eigenvalue weighted by molar-refractivity contribution is 0.514. The van der Waals surface area contributed by atoms with Crippen LogP contribution in [0.15, 0.2) is 31.8 Å². The lowest BCUT2D eigenvalue weighted by atomic mass is 10.0. The van der Waals surface area contributed by atoms with Crippen LogP contribution in [0.1, 0.15) is 19.8 Å². The molecular weight excluding hydrogens is 520 g/mol. The minimum Gasteiger partial charge on any atom is -0.203 e. The molecule has 0 radical (unpaired) electrons. The monoisotopic (exact) mass is 531 g/mol. The molecule has 0 aliphatic rings. The molecule has 0 spiro atoms. The van der Waals surface area contributed by atoms with Crippen molar-refractivity contribution in [1.29, 1.82) is 0 Å². The highest BCUT2D eigenvalue weighted by molar-refractivity contribution is 9.11. The largest absolute Gasteiger partial charge is 0.203 e. The summed E-state index contributed by atoms with van der Waals surface area (Å²) in [5.41, 5.74) is 1.11. The second kappa shape index (κ2) is 7.69. The van der Waals surface area contributed by atoms with Gasteiger partial charge in [-0.3, -0.25) is 0 Å². The van der Waals surface area contributed by atoms with Gasteiger partial charge in [-0.2, -0.15) is 15.0 Å². The van der Waals surface area contributed by atoms with E-state index in [-0.39, 0.29) is 11.1 Å². The van der Waals surface area contributed by atoms with Crippen LogP contribution in [0.2, 0.25) is 0 Å². The van der Waals surface area contributed by atoms with Gasteiger partial charge in [-0.25, -0.2) is 8.78 Å². The third-order valence-electron chi connectivity index (χ3n) is 4.11. The van der Waals surface area contributed by atoms with E-state index in [4.69, 9.17) is 0 Å². The first-order valence-electron chi connectivity index (χ1n) is 8.26. The van der Waals surface area contributed by atoms with Crippen molar-refractivity contribution >= 4 is 65.6 Å². The van der Waals surface area contributed by atoms with E-state index in [1.807, 2.05) is 12.1 Å². The van der Waals surface area contributed by atoms with Gasteiger partial charge in [-0.05, 0) is 62.5 Å². The molecule has 4 aromatic rings. The molecule has 0 fully saturated rings. The van der Waals surface area contributed by atoms with E-state index in [2.05, 4.69) is 49.0 Å². The van der Waals surface area contributed by atoms with E-state index < -0.39 is 11.6 Å². The molecule has 140 valence electrons. The molecule has 4 rings (SSSR count). The highest BCUT2D eigenvalue weighted by Crippen LogP contribution is 2.43. The van der Waals surface area contributed by atoms with E-state index in [9.17, 15) is 0 Å². The summed E-state index contributed by atoms with van der Waals surface area (Å²) in [5, 5.41) is 9.03. The zero-order valence-corrected chi connectivity index (χ0v) is 18.9. The summed E-state index contributed by atoms with van der Waals surface area (Å²) in [6.07, 6.45) is 1.88. The van der Waals surface area contributed by atoms with Gasteiger partial charge >= 0.3 is 0 Å². The number of benzene rings is 1. The minimum atomic E-state index is -0.890. The SMILES string of the molecule is CCCCn1nc2c(-c3ccc(Br)s3)c(F)c(F)c(-c3ccc(Br)s3)c2n1. The fraction of sp³-hybridized carbons (Fsp3) is 0.222. The maximum absolute atomic E-state index is 15.2. The second-order valence-electron chi connectivity index (χ2n) is 5.93. The summed E-state index contributed by atoms with van der Waals surface area (Å²) >= 11 is 9.45. The summed E-state index contributed by atoms with van der Waals surface area (Å²) < 4.78 is 32.0. The van der Waals surface area contributed by atoms with E-state index in [1.54, 1.807) is 16.9 Å². The smallest absolute Gasteiger partial charge is 0.170 e. The number of hydrogen-bond donors (Lipinski definition) is 0. The highest BCUT2D eigenvalue weighted by Gasteiger charge is 2.27. The van der Waals surface area contributed by atoms with Crippen LogP contribution in [0.5, 0.6) is 0 Å². The van der Waals surface area contributed by atoms with Crippen LogP contribution in [-0.4, -0.2) is 15.0 Å². The average Bonchev–Trinajstić information content (AvgIpc) is 3.35. The van der Waals surface area contributed by atoms with Gasteiger partial charge in [0.05, 0.1) is 25.2 Å². The van der Waals surface area contributed by atoms with Gasteiger partial charge < -0.3 is 0 Å². The molecule has 3 aromatic heterocycles. The van der Waals surface area contributed by atoms with Crippen molar-refractivity contribution in [2.75, 3.05) is 0 Å². The Morgan fingerprint density at radius 2 is 1.37 bits per heavy atom. The van der Waals surface area contributed by atoms with Gasteiger partial charge in [0.15, 0.2) is 11.6 Å². The Labute approximate surface area is 179 Å². The number of nitrogens with zero attached hydrogens (tertiary/aromatic N) is 3. The van der Waals surface area contributed by atoms with E-state index in [0.717, 1.165) is 20.4 Å². The molecule has 3 nitrogen and oxygen atoms in total. The molecule has 9 heteroatoms. The third kappa shape index (κ3) is 3.50. The molecule has 0 aliphatic carbocycles. The van der Waals surface area contributed by atoms with Gasteiger partial charge in [0.1, 0.15) is 11.0 Å². The Balaban J connectivity index is 2.04. The van der Waals surface area contributed by atoms with Crippen molar-refractivity contribution in [3.05, 3.63) is 43.5 Å². The van der Waals surface area contributed by atoms with E-state index in [1.165, 1.54) is 22.7 Å². The van der Waals surface area contributed by atoms with Gasteiger partial charge in [-0.15, -0.1) is 22.7 Å². The average molecular weight is 533 g/mol. The van der Waals surface area contributed by atoms with Gasteiger partial charge in [-0.1, -0.05) is 13.3 Å². The molecular formula is C18H13Br2F2N3S2. The molecule has 27 heavy (non-hydrogen) atoms. The summed E-state index contributed by atoms with van der Waals surface area (Å²) in [7, 11) is 0. The fourth-order valence-electron chi connectivity index (χ4n) is 2.86. The molecule has 0 unspecified atom stereocenters. The van der Waals surface area contributed by atoms with Crippen molar-refractivity contribution in [2.45, 2.75) is 26.3 Å². The summed E-state index contributed by atoms with van der Waals surface area (Å²) in [6, 6.07) is 7.15. The van der Waals surface area contributed by atoms with Crippen LogP contribution >= 0.6 is 54.5 Å². The second-order valence-corrected chi connectivity index (χ2v) is 10.9. The van der Waals surface area contributed by atoms with E-state index in [0.29, 0.717) is 27.3 Å². The summed E-state index contributed by atoms with van der Waals surface area (Å²) in [6.45, 7) is 2.68. The quantitative estimate of drug-likeness (QED) is 0.266. The Morgan fingerprint density at radius 3 is 1.74 bits per heavy atom. The normalized spacial score (nSPS) is 11.6. The van der Waals surface area contributed by atoms with Crippen molar-refractivity contribution in [2.24, 2.45) is 0 Å². The zero-order chi connectivity index (χ0) is 19.1. The van der Waals surface area contributed by atoms with Gasteiger partial charge in [0.25, 0.3) is 0 Å². The van der Waals surface area contributed by atoms with Crippen molar-refractivity contribution in [1.82, 2.24) is 15.0 Å². The first kappa shape index (κ1) is 19.2. The van der Waals surface area contributed by atoms with Gasteiger partial charge in [0, 0.05) is 9.75 Å². The molecule has 0 N–H and O–H groups in total. The molecule has 0 aliphatic heterocycles. The molecule has 0 atom stereocenters. The van der Waals surface area contributed by atoms with Crippen molar-refractivity contribution in [3.63, 3.8) is 0 Å². The molecule has 0 bridgehead atoms. The maximum Gasteiger partial charge on any atom is 0.170 e. The van der Waals surface area contributed by atoms with Crippen LogP contribution in [-0.2, 0) is 6.54 Å². The lowest BCUT2D eigenvalue weighted by Gasteiger charge is -2.07. The Hall–Kier alpha value is -1.16. The summed E-state index contributed by atoms with van der Waals surface area (Å²) in [4.78, 5) is 2.78. The van der Waals surface area contributed by atoms with Crippen molar-refractivity contribution in [3.8, 4) is 20.9 Å². The van der Waals surface area contributed by atoms with Gasteiger partial charge in [0.2, 0.25) is 0 Å². The van der Waals surface area contributed by atoms with E-state index >= 15 is 8.78 Å². The number of hydrogen-bond acceptors (Lipinski definition) is 4.